The fourth-order valence-corrected chi connectivity index (χ4v) is 5.19. The summed E-state index contributed by atoms with van der Waals surface area (Å²) in [6.07, 6.45) is 1.77. The Hall–Kier alpha value is -2.68. The number of ether oxygens (including phenoxy) is 1. The number of halogens is 1. The number of pyridine rings is 1. The highest BCUT2D eigenvalue weighted by molar-refractivity contribution is 7.80. The minimum Gasteiger partial charge on any atom is -0.494 e. The summed E-state index contributed by atoms with van der Waals surface area (Å²) in [5.74, 6) is 0.463. The summed E-state index contributed by atoms with van der Waals surface area (Å²) in [6, 6.07) is 15.1. The van der Waals surface area contributed by atoms with Crippen LogP contribution in [0.3, 0.4) is 0 Å². The highest BCUT2D eigenvalue weighted by Gasteiger charge is 2.41. The van der Waals surface area contributed by atoms with Gasteiger partial charge in [-0.2, -0.15) is 0 Å². The molecule has 2 unspecified atom stereocenters. The van der Waals surface area contributed by atoms with Crippen molar-refractivity contribution in [3.05, 3.63) is 69.6 Å². The second-order valence-corrected chi connectivity index (χ2v) is 10.9. The van der Waals surface area contributed by atoms with Gasteiger partial charge in [-0.25, -0.2) is 0 Å². The normalized spacial score (nSPS) is 18.2. The van der Waals surface area contributed by atoms with Crippen molar-refractivity contribution in [1.29, 1.82) is 0 Å². The molecule has 1 saturated heterocycles. The fraction of sp³-hybridized carbons (Fsp3) is 0.292. The smallest absolute Gasteiger partial charge is 0.229 e. The lowest BCUT2D eigenvalue weighted by molar-refractivity contribution is -0.123. The number of carbonyl (C=O) groups excluding carboxylic acids is 1. The first-order valence-electron chi connectivity index (χ1n) is 10.4. The number of methoxy groups -OCH3 is 1. The van der Waals surface area contributed by atoms with Gasteiger partial charge in [0, 0.05) is 28.2 Å². The van der Waals surface area contributed by atoms with E-state index in [1.165, 1.54) is 11.3 Å². The largest absolute Gasteiger partial charge is 0.494 e. The molecule has 2 N–H and O–H groups in total. The van der Waals surface area contributed by atoms with Crippen LogP contribution in [-0.4, -0.2) is 23.1 Å². The zero-order valence-electron chi connectivity index (χ0n) is 18.8. The minimum atomic E-state index is -0.524. The minimum absolute atomic E-state index is 0.0896. The molecule has 1 aromatic carbocycles. The fourth-order valence-electron chi connectivity index (χ4n) is 3.65. The van der Waals surface area contributed by atoms with Gasteiger partial charge in [0.05, 0.1) is 34.9 Å². The van der Waals surface area contributed by atoms with Crippen LogP contribution in [0.1, 0.15) is 43.4 Å². The Morgan fingerprint density at radius 1 is 1.24 bits per heavy atom. The molecule has 0 radical (unpaired) electrons. The van der Waals surface area contributed by atoms with Gasteiger partial charge in [0.1, 0.15) is 5.75 Å². The molecule has 0 aliphatic carbocycles. The van der Waals surface area contributed by atoms with E-state index in [2.05, 4.69) is 20.5 Å². The Morgan fingerprint density at radius 3 is 2.64 bits per heavy atom. The van der Waals surface area contributed by atoms with Gasteiger partial charge in [0.2, 0.25) is 5.91 Å². The molecule has 33 heavy (non-hydrogen) atoms. The van der Waals surface area contributed by atoms with Gasteiger partial charge in [-0.05, 0) is 48.6 Å². The number of aromatic nitrogens is 1. The third kappa shape index (κ3) is 4.83. The van der Waals surface area contributed by atoms with Crippen LogP contribution in [0.5, 0.6) is 5.75 Å². The quantitative estimate of drug-likeness (QED) is 0.421. The first-order chi connectivity index (χ1) is 15.7. The number of hydrogen-bond acceptors (Lipinski definition) is 5. The summed E-state index contributed by atoms with van der Waals surface area (Å²) in [5.41, 5.74) is 1.81. The van der Waals surface area contributed by atoms with E-state index < -0.39 is 5.41 Å². The predicted octanol–water partition coefficient (Wildman–Crippen LogP) is 5.97. The number of hydrogen-bond donors (Lipinski definition) is 2. The van der Waals surface area contributed by atoms with Gasteiger partial charge in [0.15, 0.2) is 5.11 Å². The van der Waals surface area contributed by atoms with Crippen LogP contribution in [-0.2, 0) is 4.79 Å². The van der Waals surface area contributed by atoms with E-state index in [1.54, 1.807) is 13.3 Å². The molecule has 2 aromatic heterocycles. The second kappa shape index (κ2) is 9.29. The van der Waals surface area contributed by atoms with Crippen LogP contribution in [0.2, 0.25) is 4.34 Å². The van der Waals surface area contributed by atoms with E-state index in [9.17, 15) is 4.79 Å². The van der Waals surface area contributed by atoms with Crippen molar-refractivity contribution in [2.75, 3.05) is 17.3 Å². The Morgan fingerprint density at radius 2 is 2.03 bits per heavy atom. The van der Waals surface area contributed by atoms with Crippen molar-refractivity contribution < 1.29 is 9.53 Å². The SMILES string of the molecule is COc1cc(N2C(=S)NC(c3ccccn3)C2c2ccc(Cl)s2)ccc1NC(=O)C(C)(C)C. The van der Waals surface area contributed by atoms with E-state index in [0.717, 1.165) is 16.3 Å². The molecule has 9 heteroatoms. The standard InChI is InChI=1S/C24H25ClN4O2S2/c1-24(2,3)22(30)27-15-9-8-14(13-17(15)31-4)29-21(18-10-11-19(25)33-18)20(28-23(29)32)16-7-5-6-12-26-16/h5-13,20-21H,1-4H3,(H,27,30)(H,28,32). The first kappa shape index (κ1) is 23.5. The molecular weight excluding hydrogens is 476 g/mol. The lowest BCUT2D eigenvalue weighted by Gasteiger charge is -2.27. The Labute approximate surface area is 207 Å². The second-order valence-electron chi connectivity index (χ2n) is 8.73. The molecule has 0 saturated carbocycles. The lowest BCUT2D eigenvalue weighted by atomic mass is 9.95. The molecule has 3 aromatic rings. The van der Waals surface area contributed by atoms with E-state index in [-0.39, 0.29) is 18.0 Å². The van der Waals surface area contributed by atoms with Crippen LogP contribution in [0.15, 0.2) is 54.7 Å². The summed E-state index contributed by atoms with van der Waals surface area (Å²) < 4.78 is 6.32. The number of nitrogens with one attached hydrogen (secondary N) is 2. The third-order valence-corrected chi connectivity index (χ3v) is 6.99. The summed E-state index contributed by atoms with van der Waals surface area (Å²) in [4.78, 5) is 20.2. The number of carbonyl (C=O) groups is 1. The molecule has 2 atom stereocenters. The molecule has 6 nitrogen and oxygen atoms in total. The van der Waals surface area contributed by atoms with Crippen LogP contribution in [0.25, 0.3) is 0 Å². The Balaban J connectivity index is 1.74. The maximum atomic E-state index is 12.5. The number of anilines is 2. The van der Waals surface area contributed by atoms with Crippen LogP contribution in [0.4, 0.5) is 11.4 Å². The molecular formula is C24H25ClN4O2S2. The average molecular weight is 501 g/mol. The zero-order valence-corrected chi connectivity index (χ0v) is 21.1. The number of thiophene rings is 1. The number of nitrogens with zero attached hydrogens (tertiary/aromatic N) is 2. The van der Waals surface area contributed by atoms with Gasteiger partial charge < -0.3 is 20.3 Å². The van der Waals surface area contributed by atoms with Crippen molar-refractivity contribution in [3.8, 4) is 5.75 Å². The number of amides is 1. The highest BCUT2D eigenvalue weighted by Crippen LogP contribution is 2.45. The van der Waals surface area contributed by atoms with Gasteiger partial charge in [-0.1, -0.05) is 38.4 Å². The topological polar surface area (TPSA) is 66.5 Å². The van der Waals surface area contributed by atoms with E-state index in [1.807, 2.05) is 69.3 Å². The molecule has 4 rings (SSSR count). The summed E-state index contributed by atoms with van der Waals surface area (Å²) in [6.45, 7) is 5.60. The summed E-state index contributed by atoms with van der Waals surface area (Å²) >= 11 is 13.6. The molecule has 1 aliphatic heterocycles. The molecule has 1 aliphatic rings. The van der Waals surface area contributed by atoms with Crippen molar-refractivity contribution in [2.24, 2.45) is 5.41 Å². The van der Waals surface area contributed by atoms with Gasteiger partial charge in [0.25, 0.3) is 0 Å². The highest BCUT2D eigenvalue weighted by atomic mass is 35.5. The molecule has 1 fully saturated rings. The maximum absolute atomic E-state index is 12.5. The summed E-state index contributed by atoms with van der Waals surface area (Å²) in [7, 11) is 1.58. The predicted molar refractivity (Wildman–Crippen MR) is 138 cm³/mol. The third-order valence-electron chi connectivity index (χ3n) is 5.38. The van der Waals surface area contributed by atoms with Gasteiger partial charge in [-0.3, -0.25) is 9.78 Å². The van der Waals surface area contributed by atoms with E-state index in [4.69, 9.17) is 28.6 Å². The van der Waals surface area contributed by atoms with Crippen molar-refractivity contribution >= 4 is 57.5 Å². The Bertz CT molecular complexity index is 1180. The molecule has 0 bridgehead atoms. The monoisotopic (exact) mass is 500 g/mol. The lowest BCUT2D eigenvalue weighted by Crippen LogP contribution is -2.29. The van der Waals surface area contributed by atoms with Gasteiger partial charge in [-0.15, -0.1) is 11.3 Å². The van der Waals surface area contributed by atoms with Crippen molar-refractivity contribution in [2.45, 2.75) is 32.9 Å². The van der Waals surface area contributed by atoms with Crippen LogP contribution in [0, 0.1) is 5.41 Å². The molecule has 172 valence electrons. The number of thiocarbonyl (C=S) groups is 1. The summed E-state index contributed by atoms with van der Waals surface area (Å²) in [5, 5.41) is 6.96. The number of benzene rings is 1. The Kier molecular flexibility index (Phi) is 6.61. The number of rotatable bonds is 5. The van der Waals surface area contributed by atoms with E-state index >= 15 is 0 Å². The molecule has 3 heterocycles. The average Bonchev–Trinajstić information content (AvgIpc) is 3.36. The van der Waals surface area contributed by atoms with E-state index in [0.29, 0.717) is 20.9 Å². The zero-order chi connectivity index (χ0) is 23.8. The van der Waals surface area contributed by atoms with Crippen LogP contribution < -0.4 is 20.3 Å². The molecule has 1 amide bonds. The maximum Gasteiger partial charge on any atom is 0.229 e. The van der Waals surface area contributed by atoms with Crippen molar-refractivity contribution in [1.82, 2.24) is 10.3 Å². The van der Waals surface area contributed by atoms with Crippen molar-refractivity contribution in [3.63, 3.8) is 0 Å². The first-order valence-corrected chi connectivity index (χ1v) is 12.0. The molecule has 0 spiro atoms. The van der Waals surface area contributed by atoms with Crippen LogP contribution >= 0.6 is 35.2 Å². The van der Waals surface area contributed by atoms with Gasteiger partial charge >= 0.3 is 0 Å².